The van der Waals surface area contributed by atoms with Crippen LogP contribution in [0.3, 0.4) is 0 Å². The quantitative estimate of drug-likeness (QED) is 0.697. The number of benzene rings is 2. The molecule has 3 aromatic rings. The van der Waals surface area contributed by atoms with Crippen LogP contribution < -0.4 is 10.7 Å². The van der Waals surface area contributed by atoms with Crippen molar-refractivity contribution in [1.29, 1.82) is 0 Å². The van der Waals surface area contributed by atoms with Gasteiger partial charge in [-0.05, 0) is 55.3 Å². The molecule has 1 atom stereocenters. The summed E-state index contributed by atoms with van der Waals surface area (Å²) in [7, 11) is 0. The highest BCUT2D eigenvalue weighted by molar-refractivity contribution is 9.10. The van der Waals surface area contributed by atoms with Crippen LogP contribution in [-0.4, -0.2) is 10.5 Å². The van der Waals surface area contributed by atoms with E-state index in [1.807, 2.05) is 10.6 Å². The molecule has 25 heavy (non-hydrogen) atoms. The summed E-state index contributed by atoms with van der Waals surface area (Å²) in [5, 5.41) is 3.19. The molecule has 6 heteroatoms. The fraction of sp³-hybridized carbons (Fsp3) is 0.158. The number of pyridine rings is 1. The molecule has 126 valence electrons. The van der Waals surface area contributed by atoms with E-state index in [0.29, 0.717) is 11.1 Å². The number of hydrogen-bond acceptors (Lipinski definition) is 2. The molecule has 2 aromatic carbocycles. The SMILES string of the molecule is C[C@@H]1Cc2cc(Br)cc3c(=O)c(C(=O)Nc4ccc(F)cc4)cn1c23. The molecule has 0 radical (unpaired) electrons. The van der Waals surface area contributed by atoms with Gasteiger partial charge in [0, 0.05) is 27.8 Å². The molecule has 0 saturated carbocycles. The Labute approximate surface area is 151 Å². The molecule has 1 aliphatic heterocycles. The molecule has 0 fully saturated rings. The maximum atomic E-state index is 13.0. The Morgan fingerprint density at radius 3 is 2.72 bits per heavy atom. The summed E-state index contributed by atoms with van der Waals surface area (Å²) in [6, 6.07) is 9.38. The van der Waals surface area contributed by atoms with E-state index in [4.69, 9.17) is 0 Å². The number of hydrogen-bond donors (Lipinski definition) is 1. The first-order valence-electron chi connectivity index (χ1n) is 7.88. The first-order valence-corrected chi connectivity index (χ1v) is 8.67. The van der Waals surface area contributed by atoms with Crippen molar-refractivity contribution in [2.75, 3.05) is 5.32 Å². The third-order valence-corrected chi connectivity index (χ3v) is 4.96. The van der Waals surface area contributed by atoms with Crippen molar-refractivity contribution < 1.29 is 9.18 Å². The van der Waals surface area contributed by atoms with Gasteiger partial charge < -0.3 is 9.88 Å². The van der Waals surface area contributed by atoms with Crippen LogP contribution in [0.4, 0.5) is 10.1 Å². The normalized spacial score (nSPS) is 15.6. The van der Waals surface area contributed by atoms with Gasteiger partial charge in [0.2, 0.25) is 5.43 Å². The summed E-state index contributed by atoms with van der Waals surface area (Å²) in [5.74, 6) is -0.883. The van der Waals surface area contributed by atoms with Gasteiger partial charge in [-0.15, -0.1) is 0 Å². The number of halogens is 2. The average molecular weight is 401 g/mol. The Kier molecular flexibility index (Phi) is 3.72. The number of carbonyl (C=O) groups excluding carboxylic acids is 1. The second-order valence-electron chi connectivity index (χ2n) is 6.25. The van der Waals surface area contributed by atoms with Crippen molar-refractivity contribution in [3.8, 4) is 0 Å². The Morgan fingerprint density at radius 2 is 2.00 bits per heavy atom. The number of nitrogens with one attached hydrogen (secondary N) is 1. The van der Waals surface area contributed by atoms with Crippen LogP contribution in [-0.2, 0) is 6.42 Å². The predicted molar refractivity (Wildman–Crippen MR) is 98.7 cm³/mol. The van der Waals surface area contributed by atoms with Crippen molar-refractivity contribution in [2.45, 2.75) is 19.4 Å². The maximum Gasteiger partial charge on any atom is 0.261 e. The Morgan fingerprint density at radius 1 is 1.28 bits per heavy atom. The van der Waals surface area contributed by atoms with Crippen LogP contribution >= 0.6 is 15.9 Å². The minimum absolute atomic E-state index is 0.0784. The monoisotopic (exact) mass is 400 g/mol. The van der Waals surface area contributed by atoms with Crippen molar-refractivity contribution >= 4 is 38.4 Å². The zero-order valence-corrected chi connectivity index (χ0v) is 14.9. The molecule has 1 amide bonds. The highest BCUT2D eigenvalue weighted by Gasteiger charge is 2.25. The van der Waals surface area contributed by atoms with Gasteiger partial charge in [-0.2, -0.15) is 0 Å². The van der Waals surface area contributed by atoms with Crippen LogP contribution in [0.15, 0.2) is 51.9 Å². The lowest BCUT2D eigenvalue weighted by Crippen LogP contribution is -2.23. The number of amides is 1. The molecule has 1 N–H and O–H groups in total. The minimum Gasteiger partial charge on any atom is -0.343 e. The molecule has 4 rings (SSSR count). The Hall–Kier alpha value is -2.47. The zero-order valence-electron chi connectivity index (χ0n) is 13.3. The average Bonchev–Trinajstić information content (AvgIpc) is 2.88. The largest absolute Gasteiger partial charge is 0.343 e. The van der Waals surface area contributed by atoms with E-state index in [1.54, 1.807) is 12.3 Å². The topological polar surface area (TPSA) is 51.1 Å². The number of carbonyl (C=O) groups is 1. The molecule has 0 bridgehead atoms. The summed E-state index contributed by atoms with van der Waals surface area (Å²) in [6.07, 6.45) is 2.44. The van der Waals surface area contributed by atoms with Crippen LogP contribution in [0.5, 0.6) is 0 Å². The molecule has 1 aliphatic rings. The maximum absolute atomic E-state index is 13.0. The van der Waals surface area contributed by atoms with Gasteiger partial charge in [0.1, 0.15) is 11.4 Å². The third-order valence-electron chi connectivity index (χ3n) is 4.51. The lowest BCUT2D eigenvalue weighted by Gasteiger charge is -2.13. The number of rotatable bonds is 2. The van der Waals surface area contributed by atoms with E-state index in [2.05, 4.69) is 28.2 Å². The molecule has 2 heterocycles. The number of nitrogens with zero attached hydrogens (tertiary/aromatic N) is 1. The first kappa shape index (κ1) is 16.0. The standard InChI is InChI=1S/C19H14BrFN2O2/c1-10-6-11-7-12(20)8-15-17(11)23(10)9-16(18(15)24)19(25)22-14-4-2-13(21)3-5-14/h2-5,7-10H,6H2,1H3,(H,22,25)/t10-/m1/s1. The number of aromatic nitrogens is 1. The van der Waals surface area contributed by atoms with Gasteiger partial charge in [0.25, 0.3) is 5.91 Å². The first-order chi connectivity index (χ1) is 11.9. The lowest BCUT2D eigenvalue weighted by molar-refractivity contribution is 0.102. The predicted octanol–water partition coefficient (Wildman–Crippen LogP) is 4.27. The summed E-state index contributed by atoms with van der Waals surface area (Å²) in [6.45, 7) is 2.06. The van der Waals surface area contributed by atoms with E-state index < -0.39 is 5.91 Å². The second kappa shape index (κ2) is 5.81. The highest BCUT2D eigenvalue weighted by atomic mass is 79.9. The summed E-state index contributed by atoms with van der Waals surface area (Å²) in [5.41, 5.74) is 2.20. The van der Waals surface area contributed by atoms with Crippen LogP contribution in [0.2, 0.25) is 0 Å². The van der Waals surface area contributed by atoms with Crippen molar-refractivity contribution in [2.24, 2.45) is 0 Å². The third kappa shape index (κ3) is 2.66. The van der Waals surface area contributed by atoms with Gasteiger partial charge in [0.05, 0.1) is 5.52 Å². The highest BCUT2D eigenvalue weighted by Crippen LogP contribution is 2.33. The second-order valence-corrected chi connectivity index (χ2v) is 7.17. The van der Waals surface area contributed by atoms with E-state index >= 15 is 0 Å². The van der Waals surface area contributed by atoms with Gasteiger partial charge in [-0.1, -0.05) is 15.9 Å². The number of anilines is 1. The van der Waals surface area contributed by atoms with Crippen molar-refractivity contribution in [3.05, 3.63) is 74.2 Å². The fourth-order valence-electron chi connectivity index (χ4n) is 3.35. The Bertz CT molecular complexity index is 1070. The van der Waals surface area contributed by atoms with Gasteiger partial charge in [0.15, 0.2) is 0 Å². The smallest absolute Gasteiger partial charge is 0.261 e. The molecular weight excluding hydrogens is 387 g/mol. The zero-order chi connectivity index (χ0) is 17.7. The molecule has 1 aromatic heterocycles. The van der Waals surface area contributed by atoms with E-state index in [0.717, 1.165) is 22.0 Å². The van der Waals surface area contributed by atoms with Crippen LogP contribution in [0.1, 0.15) is 28.9 Å². The molecule has 0 spiro atoms. The fourth-order valence-corrected chi connectivity index (χ4v) is 3.86. The van der Waals surface area contributed by atoms with Crippen molar-refractivity contribution in [1.82, 2.24) is 4.57 Å². The summed E-state index contributed by atoms with van der Waals surface area (Å²) >= 11 is 3.44. The van der Waals surface area contributed by atoms with E-state index in [9.17, 15) is 14.0 Å². The summed E-state index contributed by atoms with van der Waals surface area (Å²) < 4.78 is 15.8. The molecule has 4 nitrogen and oxygen atoms in total. The van der Waals surface area contributed by atoms with Gasteiger partial charge in [-0.25, -0.2) is 4.39 Å². The molecule has 0 saturated heterocycles. The summed E-state index contributed by atoms with van der Waals surface area (Å²) in [4.78, 5) is 25.5. The van der Waals surface area contributed by atoms with E-state index in [-0.39, 0.29) is 22.9 Å². The van der Waals surface area contributed by atoms with E-state index in [1.165, 1.54) is 24.3 Å². The lowest BCUT2D eigenvalue weighted by atomic mass is 10.1. The molecular formula is C19H14BrFN2O2. The Balaban J connectivity index is 1.83. The molecule has 0 aliphatic carbocycles. The molecule has 0 unspecified atom stereocenters. The van der Waals surface area contributed by atoms with Gasteiger partial charge >= 0.3 is 0 Å². The van der Waals surface area contributed by atoms with Gasteiger partial charge in [-0.3, -0.25) is 9.59 Å². The minimum atomic E-state index is -0.497. The van der Waals surface area contributed by atoms with Crippen LogP contribution in [0, 0.1) is 5.82 Å². The van der Waals surface area contributed by atoms with Crippen LogP contribution in [0.25, 0.3) is 10.9 Å². The van der Waals surface area contributed by atoms with Crippen molar-refractivity contribution in [3.63, 3.8) is 0 Å².